The minimum atomic E-state index is -4.44. The molecule has 4 nitrogen and oxygen atoms in total. The highest BCUT2D eigenvalue weighted by molar-refractivity contribution is 6.30. The summed E-state index contributed by atoms with van der Waals surface area (Å²) in [6, 6.07) is 13.2. The number of hydrogen-bond acceptors (Lipinski definition) is 3. The molecule has 1 atom stereocenters. The third-order valence-electron chi connectivity index (χ3n) is 4.44. The van der Waals surface area contributed by atoms with Crippen molar-refractivity contribution in [2.24, 2.45) is 0 Å². The Labute approximate surface area is 169 Å². The average Bonchev–Trinajstić information content (AvgIpc) is 2.67. The first-order chi connectivity index (χ1) is 13.6. The van der Waals surface area contributed by atoms with Gasteiger partial charge in [-0.15, -0.1) is 0 Å². The molecule has 150 valence electrons. The molecule has 3 rings (SSSR count). The SMILES string of the molecule is CC(C(=O)Cc1ccc(C(F)(F)F)cc1)n1nc(-c2cccc(Cl)c2)ccc1=O. The second-order valence-corrected chi connectivity index (χ2v) is 6.96. The largest absolute Gasteiger partial charge is 0.416 e. The van der Waals surface area contributed by atoms with E-state index in [4.69, 9.17) is 11.6 Å². The molecule has 0 aliphatic carbocycles. The van der Waals surface area contributed by atoms with Gasteiger partial charge in [-0.2, -0.15) is 18.3 Å². The van der Waals surface area contributed by atoms with Crippen LogP contribution in [0, 0.1) is 0 Å². The van der Waals surface area contributed by atoms with Crippen LogP contribution in [0.15, 0.2) is 65.5 Å². The van der Waals surface area contributed by atoms with E-state index in [2.05, 4.69) is 5.10 Å². The van der Waals surface area contributed by atoms with Crippen LogP contribution in [0.3, 0.4) is 0 Å². The smallest absolute Gasteiger partial charge is 0.297 e. The Morgan fingerprint density at radius 3 is 2.41 bits per heavy atom. The number of nitrogens with zero attached hydrogens (tertiary/aromatic N) is 2. The summed E-state index contributed by atoms with van der Waals surface area (Å²) in [6.45, 7) is 1.53. The maximum Gasteiger partial charge on any atom is 0.416 e. The van der Waals surface area contributed by atoms with Crippen LogP contribution >= 0.6 is 11.6 Å². The molecule has 0 aliphatic heterocycles. The van der Waals surface area contributed by atoms with Crippen molar-refractivity contribution >= 4 is 17.4 Å². The minimum Gasteiger partial charge on any atom is -0.297 e. The van der Waals surface area contributed by atoms with Gasteiger partial charge in [-0.25, -0.2) is 4.68 Å². The predicted molar refractivity (Wildman–Crippen MR) is 104 cm³/mol. The summed E-state index contributed by atoms with van der Waals surface area (Å²) in [5.41, 5.74) is 0.349. The number of rotatable bonds is 5. The van der Waals surface area contributed by atoms with Gasteiger partial charge in [0.05, 0.1) is 11.3 Å². The first-order valence-corrected chi connectivity index (χ1v) is 9.07. The van der Waals surface area contributed by atoms with Crippen molar-refractivity contribution < 1.29 is 18.0 Å². The van der Waals surface area contributed by atoms with Gasteiger partial charge in [0, 0.05) is 23.1 Å². The quantitative estimate of drug-likeness (QED) is 0.586. The fourth-order valence-electron chi connectivity index (χ4n) is 2.80. The van der Waals surface area contributed by atoms with Gasteiger partial charge in [-0.05, 0) is 42.8 Å². The molecule has 1 aromatic heterocycles. The summed E-state index contributed by atoms with van der Waals surface area (Å²) in [4.78, 5) is 24.8. The molecule has 29 heavy (non-hydrogen) atoms. The first kappa shape index (κ1) is 20.8. The van der Waals surface area contributed by atoms with Crippen molar-refractivity contribution in [3.8, 4) is 11.3 Å². The van der Waals surface area contributed by atoms with Crippen LogP contribution in [-0.4, -0.2) is 15.6 Å². The summed E-state index contributed by atoms with van der Waals surface area (Å²) in [5, 5.41) is 4.78. The fraction of sp³-hybridized carbons (Fsp3) is 0.190. The zero-order valence-corrected chi connectivity index (χ0v) is 16.0. The Bertz CT molecular complexity index is 1090. The number of carbonyl (C=O) groups excluding carboxylic acids is 1. The lowest BCUT2D eigenvalue weighted by Crippen LogP contribution is -2.30. The second-order valence-electron chi connectivity index (χ2n) is 6.53. The number of hydrogen-bond donors (Lipinski definition) is 0. The molecule has 0 N–H and O–H groups in total. The van der Waals surface area contributed by atoms with Crippen molar-refractivity contribution in [2.45, 2.75) is 25.6 Å². The van der Waals surface area contributed by atoms with Crippen molar-refractivity contribution in [1.29, 1.82) is 0 Å². The highest BCUT2D eigenvalue weighted by atomic mass is 35.5. The van der Waals surface area contributed by atoms with E-state index in [-0.39, 0.29) is 12.2 Å². The van der Waals surface area contributed by atoms with Crippen molar-refractivity contribution in [2.75, 3.05) is 0 Å². The van der Waals surface area contributed by atoms with E-state index in [0.29, 0.717) is 21.8 Å². The van der Waals surface area contributed by atoms with E-state index < -0.39 is 23.3 Å². The molecule has 1 unspecified atom stereocenters. The third-order valence-corrected chi connectivity index (χ3v) is 4.67. The number of alkyl halides is 3. The molecular formula is C21H16ClF3N2O2. The average molecular weight is 421 g/mol. The fourth-order valence-corrected chi connectivity index (χ4v) is 2.99. The van der Waals surface area contributed by atoms with Crippen LogP contribution in [-0.2, 0) is 17.4 Å². The van der Waals surface area contributed by atoms with Crippen LogP contribution in [0.5, 0.6) is 0 Å². The van der Waals surface area contributed by atoms with Gasteiger partial charge >= 0.3 is 6.18 Å². The Balaban J connectivity index is 1.82. The Hall–Kier alpha value is -2.93. The molecule has 1 heterocycles. The van der Waals surface area contributed by atoms with E-state index in [1.54, 1.807) is 24.3 Å². The molecule has 0 spiro atoms. The molecule has 0 radical (unpaired) electrons. The number of Topliss-reactive ketones (excluding diaryl/α,β-unsaturated/α-hetero) is 1. The zero-order chi connectivity index (χ0) is 21.2. The van der Waals surface area contributed by atoms with Crippen LogP contribution < -0.4 is 5.56 Å². The minimum absolute atomic E-state index is 0.116. The maximum atomic E-state index is 12.7. The van der Waals surface area contributed by atoms with Crippen molar-refractivity contribution in [1.82, 2.24) is 9.78 Å². The molecule has 0 amide bonds. The van der Waals surface area contributed by atoms with Crippen LogP contribution in [0.1, 0.15) is 24.1 Å². The Kier molecular flexibility index (Phi) is 5.88. The third kappa shape index (κ3) is 4.92. The van der Waals surface area contributed by atoms with E-state index in [9.17, 15) is 22.8 Å². The van der Waals surface area contributed by atoms with E-state index in [1.165, 1.54) is 31.2 Å². The van der Waals surface area contributed by atoms with E-state index >= 15 is 0 Å². The number of ketones is 1. The number of carbonyl (C=O) groups is 1. The van der Waals surface area contributed by atoms with Gasteiger partial charge in [-0.1, -0.05) is 35.9 Å². The highest BCUT2D eigenvalue weighted by Gasteiger charge is 2.30. The van der Waals surface area contributed by atoms with Gasteiger partial charge in [0.25, 0.3) is 5.56 Å². The number of halogens is 4. The summed E-state index contributed by atoms with van der Waals surface area (Å²) >= 11 is 5.99. The first-order valence-electron chi connectivity index (χ1n) is 8.70. The van der Waals surface area contributed by atoms with Gasteiger partial charge in [0.2, 0.25) is 0 Å². The topological polar surface area (TPSA) is 52.0 Å². The lowest BCUT2D eigenvalue weighted by atomic mass is 10.0. The summed E-state index contributed by atoms with van der Waals surface area (Å²) in [7, 11) is 0. The predicted octanol–water partition coefficient (Wildman–Crippen LogP) is 4.96. The summed E-state index contributed by atoms with van der Waals surface area (Å²) in [6.07, 6.45) is -4.55. The van der Waals surface area contributed by atoms with E-state index in [1.807, 2.05) is 0 Å². The number of aromatic nitrogens is 2. The van der Waals surface area contributed by atoms with Gasteiger partial charge < -0.3 is 0 Å². The maximum absolute atomic E-state index is 12.7. The van der Waals surface area contributed by atoms with Crippen molar-refractivity contribution in [3.63, 3.8) is 0 Å². The molecule has 0 bridgehead atoms. The molecule has 2 aromatic carbocycles. The number of benzene rings is 2. The molecule has 0 saturated heterocycles. The van der Waals surface area contributed by atoms with Gasteiger partial charge in [-0.3, -0.25) is 9.59 Å². The molecular weight excluding hydrogens is 405 g/mol. The molecule has 0 fully saturated rings. The van der Waals surface area contributed by atoms with Crippen LogP contribution in [0.25, 0.3) is 11.3 Å². The summed E-state index contributed by atoms with van der Waals surface area (Å²) in [5.74, 6) is -0.345. The lowest BCUT2D eigenvalue weighted by Gasteiger charge is -2.14. The monoisotopic (exact) mass is 420 g/mol. The van der Waals surface area contributed by atoms with Crippen LogP contribution in [0.4, 0.5) is 13.2 Å². The molecule has 8 heteroatoms. The standard InChI is InChI=1S/C21H16ClF3N2O2/c1-13(19(28)11-14-5-7-16(8-6-14)21(23,24)25)27-20(29)10-9-18(26-27)15-3-2-4-17(22)12-15/h2-10,12-13H,11H2,1H3. The Morgan fingerprint density at radius 1 is 1.10 bits per heavy atom. The van der Waals surface area contributed by atoms with E-state index in [0.717, 1.165) is 16.8 Å². The molecule has 3 aromatic rings. The molecule has 0 saturated carbocycles. The Morgan fingerprint density at radius 2 is 1.79 bits per heavy atom. The van der Waals surface area contributed by atoms with Gasteiger partial charge in [0.1, 0.15) is 6.04 Å². The summed E-state index contributed by atoms with van der Waals surface area (Å²) < 4.78 is 39.0. The van der Waals surface area contributed by atoms with Crippen molar-refractivity contribution in [3.05, 3.63) is 87.2 Å². The highest BCUT2D eigenvalue weighted by Crippen LogP contribution is 2.29. The normalized spacial score (nSPS) is 12.6. The lowest BCUT2D eigenvalue weighted by molar-refractivity contribution is -0.137. The van der Waals surface area contributed by atoms with Gasteiger partial charge in [0.15, 0.2) is 5.78 Å². The zero-order valence-electron chi connectivity index (χ0n) is 15.3. The second kappa shape index (κ2) is 8.21. The molecule has 0 aliphatic rings. The van der Waals surface area contributed by atoms with Crippen LogP contribution in [0.2, 0.25) is 5.02 Å².